The van der Waals surface area contributed by atoms with Crippen molar-refractivity contribution in [1.82, 2.24) is 0 Å². The lowest BCUT2D eigenvalue weighted by atomic mass is 10.0. The van der Waals surface area contributed by atoms with Gasteiger partial charge in [-0.3, -0.25) is 14.4 Å². The van der Waals surface area contributed by atoms with Crippen molar-refractivity contribution in [3.05, 3.63) is 0 Å². The molecule has 0 aliphatic heterocycles. The van der Waals surface area contributed by atoms with Crippen LogP contribution in [0.4, 0.5) is 0 Å². The molecule has 1 unspecified atom stereocenters. The van der Waals surface area contributed by atoms with Crippen molar-refractivity contribution in [2.24, 2.45) is 0 Å². The Labute approximate surface area is 469 Å². The molecule has 0 aromatic carbocycles. The Balaban J connectivity index is 4.15. The second kappa shape index (κ2) is 64.9. The molecule has 0 aromatic rings. The smallest absolute Gasteiger partial charge is 0.306 e. The summed E-state index contributed by atoms with van der Waals surface area (Å²) >= 11 is 0. The Morgan fingerprint density at radius 2 is 0.360 bits per heavy atom. The van der Waals surface area contributed by atoms with Crippen molar-refractivity contribution >= 4 is 17.9 Å². The van der Waals surface area contributed by atoms with Gasteiger partial charge in [0.05, 0.1) is 0 Å². The first-order chi connectivity index (χ1) is 37.0. The number of hydrogen-bond acceptors (Lipinski definition) is 6. The maximum absolute atomic E-state index is 12.9. The summed E-state index contributed by atoms with van der Waals surface area (Å²) in [6.45, 7) is 6.73. The lowest BCUT2D eigenvalue weighted by Crippen LogP contribution is -2.30. The number of ether oxygens (including phenoxy) is 3. The van der Waals surface area contributed by atoms with Gasteiger partial charge in [0.2, 0.25) is 0 Å². The second-order valence-corrected chi connectivity index (χ2v) is 23.8. The Bertz CT molecular complexity index is 1120. The second-order valence-electron chi connectivity index (χ2n) is 23.8. The molecule has 0 radical (unpaired) electrons. The summed E-state index contributed by atoms with van der Waals surface area (Å²) in [5, 5.41) is 0. The third kappa shape index (κ3) is 63.1. The number of rotatable bonds is 65. The highest BCUT2D eigenvalue weighted by Gasteiger charge is 2.19. The van der Waals surface area contributed by atoms with Crippen LogP contribution in [0.5, 0.6) is 0 Å². The highest BCUT2D eigenvalue weighted by molar-refractivity contribution is 5.71. The predicted molar refractivity (Wildman–Crippen MR) is 326 cm³/mol. The van der Waals surface area contributed by atoms with Crippen LogP contribution in [0, 0.1) is 0 Å². The Morgan fingerprint density at radius 3 is 0.533 bits per heavy atom. The first kappa shape index (κ1) is 73.4. The van der Waals surface area contributed by atoms with Crippen molar-refractivity contribution in [2.75, 3.05) is 13.2 Å². The van der Waals surface area contributed by atoms with E-state index in [4.69, 9.17) is 14.2 Å². The van der Waals surface area contributed by atoms with Gasteiger partial charge >= 0.3 is 17.9 Å². The molecule has 0 saturated heterocycles. The predicted octanol–water partition coefficient (Wildman–Crippen LogP) is 23.5. The Hall–Kier alpha value is -1.59. The largest absolute Gasteiger partial charge is 0.462 e. The third-order valence-electron chi connectivity index (χ3n) is 16.1. The molecule has 1 atom stereocenters. The zero-order chi connectivity index (χ0) is 54.3. The molecule has 6 heteroatoms. The lowest BCUT2D eigenvalue weighted by Gasteiger charge is -2.18. The van der Waals surface area contributed by atoms with Crippen LogP contribution < -0.4 is 0 Å². The molecule has 0 aromatic heterocycles. The monoisotopic (exact) mass is 1060 g/mol. The summed E-state index contributed by atoms with van der Waals surface area (Å²) < 4.78 is 17.0. The van der Waals surface area contributed by atoms with Crippen molar-refractivity contribution in [1.29, 1.82) is 0 Å². The van der Waals surface area contributed by atoms with E-state index in [-0.39, 0.29) is 31.1 Å². The van der Waals surface area contributed by atoms with Gasteiger partial charge in [0.25, 0.3) is 0 Å². The zero-order valence-electron chi connectivity index (χ0n) is 51.4. The van der Waals surface area contributed by atoms with Gasteiger partial charge in [-0.1, -0.05) is 367 Å². The molecule has 0 rings (SSSR count). The summed E-state index contributed by atoms with van der Waals surface area (Å²) in [7, 11) is 0. The molecule has 0 N–H and O–H groups in total. The third-order valence-corrected chi connectivity index (χ3v) is 16.1. The van der Waals surface area contributed by atoms with Gasteiger partial charge < -0.3 is 14.2 Å². The van der Waals surface area contributed by atoms with E-state index >= 15 is 0 Å². The molecular formula is C69H134O6. The van der Waals surface area contributed by atoms with E-state index in [0.717, 1.165) is 57.8 Å². The van der Waals surface area contributed by atoms with Crippen LogP contribution in [-0.4, -0.2) is 37.2 Å². The summed E-state index contributed by atoms with van der Waals surface area (Å²) in [5.41, 5.74) is 0. The first-order valence-electron chi connectivity index (χ1n) is 34.5. The molecule has 0 aliphatic carbocycles. The van der Waals surface area contributed by atoms with Crippen LogP contribution in [0.2, 0.25) is 0 Å². The average molecular weight is 1060 g/mol. The van der Waals surface area contributed by atoms with Gasteiger partial charge in [-0.15, -0.1) is 0 Å². The maximum atomic E-state index is 12.9. The normalized spacial score (nSPS) is 11.9. The van der Waals surface area contributed by atoms with Crippen LogP contribution in [0.1, 0.15) is 406 Å². The van der Waals surface area contributed by atoms with Crippen LogP contribution in [0.3, 0.4) is 0 Å². The van der Waals surface area contributed by atoms with Gasteiger partial charge in [-0.25, -0.2) is 0 Å². The topological polar surface area (TPSA) is 78.9 Å². The van der Waals surface area contributed by atoms with Gasteiger partial charge in [-0.05, 0) is 19.3 Å². The van der Waals surface area contributed by atoms with Crippen molar-refractivity contribution in [3.63, 3.8) is 0 Å². The molecule has 0 amide bonds. The minimum absolute atomic E-state index is 0.0605. The zero-order valence-corrected chi connectivity index (χ0v) is 51.4. The molecule has 75 heavy (non-hydrogen) atoms. The van der Waals surface area contributed by atoms with Crippen LogP contribution in [-0.2, 0) is 28.6 Å². The number of hydrogen-bond donors (Lipinski definition) is 0. The highest BCUT2D eigenvalue weighted by Crippen LogP contribution is 2.19. The molecule has 0 fully saturated rings. The van der Waals surface area contributed by atoms with Crippen molar-refractivity contribution < 1.29 is 28.6 Å². The van der Waals surface area contributed by atoms with Crippen molar-refractivity contribution in [2.45, 2.75) is 412 Å². The van der Waals surface area contributed by atoms with E-state index in [2.05, 4.69) is 20.8 Å². The summed E-state index contributed by atoms with van der Waals surface area (Å²) in [5.74, 6) is -0.824. The average Bonchev–Trinajstić information content (AvgIpc) is 3.41. The summed E-state index contributed by atoms with van der Waals surface area (Å²) in [6, 6.07) is 0. The van der Waals surface area contributed by atoms with Gasteiger partial charge in [0, 0.05) is 19.3 Å². The summed E-state index contributed by atoms with van der Waals surface area (Å²) in [4.78, 5) is 38.3. The Kier molecular flexibility index (Phi) is 63.6. The number of carbonyl (C=O) groups excluding carboxylic acids is 3. The minimum atomic E-state index is -0.762. The number of unbranched alkanes of at least 4 members (excludes halogenated alkanes) is 54. The van der Waals surface area contributed by atoms with Crippen LogP contribution in [0.25, 0.3) is 0 Å². The molecule has 0 bridgehead atoms. The number of carbonyl (C=O) groups is 3. The van der Waals surface area contributed by atoms with E-state index < -0.39 is 6.10 Å². The standard InChI is InChI=1S/C69H134O6/c1-4-7-10-13-16-19-22-24-26-28-30-32-34-35-37-38-40-42-44-47-50-53-56-59-62-68(71)74-65-66(64-73-67(70)61-58-55-52-49-46-21-18-15-12-9-6-3)75-69(72)63-60-57-54-51-48-45-43-41-39-36-33-31-29-27-25-23-20-17-14-11-8-5-2/h66H,4-65H2,1-3H3. The first-order valence-corrected chi connectivity index (χ1v) is 34.5. The minimum Gasteiger partial charge on any atom is -0.462 e. The van der Waals surface area contributed by atoms with E-state index in [1.54, 1.807) is 0 Å². The fraction of sp³-hybridized carbons (Fsp3) is 0.957. The van der Waals surface area contributed by atoms with E-state index in [0.29, 0.717) is 19.3 Å². The van der Waals surface area contributed by atoms with E-state index in [1.165, 1.54) is 308 Å². The van der Waals surface area contributed by atoms with Crippen molar-refractivity contribution in [3.8, 4) is 0 Å². The van der Waals surface area contributed by atoms with Gasteiger partial charge in [0.15, 0.2) is 6.10 Å². The molecule has 446 valence electrons. The highest BCUT2D eigenvalue weighted by atomic mass is 16.6. The molecule has 0 spiro atoms. The van der Waals surface area contributed by atoms with E-state index in [1.807, 2.05) is 0 Å². The molecule has 0 aliphatic rings. The molecule has 0 heterocycles. The lowest BCUT2D eigenvalue weighted by molar-refractivity contribution is -0.167. The van der Waals surface area contributed by atoms with Crippen LogP contribution >= 0.6 is 0 Å². The fourth-order valence-electron chi connectivity index (χ4n) is 10.9. The Morgan fingerprint density at radius 1 is 0.213 bits per heavy atom. The van der Waals surface area contributed by atoms with E-state index in [9.17, 15) is 14.4 Å². The molecular weight excluding hydrogens is 925 g/mol. The molecule has 6 nitrogen and oxygen atoms in total. The van der Waals surface area contributed by atoms with Crippen LogP contribution in [0.15, 0.2) is 0 Å². The SMILES string of the molecule is CCCCCCCCCCCCCCCCCCCCCCCCCCC(=O)OCC(COC(=O)CCCCCCCCCCCCC)OC(=O)CCCCCCCCCCCCCCCCCCCCCCCC. The van der Waals surface area contributed by atoms with Gasteiger partial charge in [0.1, 0.15) is 13.2 Å². The number of esters is 3. The maximum Gasteiger partial charge on any atom is 0.306 e. The fourth-order valence-corrected chi connectivity index (χ4v) is 10.9. The molecule has 0 saturated carbocycles. The summed E-state index contributed by atoms with van der Waals surface area (Å²) in [6.07, 6.45) is 75.6. The quantitative estimate of drug-likeness (QED) is 0.0343. The van der Waals surface area contributed by atoms with Gasteiger partial charge in [-0.2, -0.15) is 0 Å².